The molecule has 0 saturated carbocycles. The first-order chi connectivity index (χ1) is 3.42. The molecule has 0 aromatic heterocycles. The van der Waals surface area contributed by atoms with Crippen molar-refractivity contribution in [1.82, 2.24) is 0 Å². The summed E-state index contributed by atoms with van der Waals surface area (Å²) in [6.07, 6.45) is 0.952. The van der Waals surface area contributed by atoms with Gasteiger partial charge in [0.2, 0.25) is 5.24 Å². The summed E-state index contributed by atoms with van der Waals surface area (Å²) in [4.78, 5) is 9.85. The molecule has 3 nitrogen and oxygen atoms in total. The van der Waals surface area contributed by atoms with Crippen LogP contribution in [-0.2, 0) is 14.6 Å². The minimum Gasteiger partial charge on any atom is -0.280 e. The molecule has 0 amide bonds. The quantitative estimate of drug-likeness (QED) is 0.521. The molecule has 0 aromatic rings. The maximum atomic E-state index is 10.1. The zero-order valence-electron chi connectivity index (χ0n) is 4.22. The highest BCUT2D eigenvalue weighted by Gasteiger charge is 2.06. The average molecular weight is 157 g/mol. The van der Waals surface area contributed by atoms with Crippen molar-refractivity contribution in [3.63, 3.8) is 0 Å². The van der Waals surface area contributed by atoms with Gasteiger partial charge in [-0.1, -0.05) is 0 Å². The fourth-order valence-electron chi connectivity index (χ4n) is 0.206. The normalized spacial score (nSPS) is 11.2. The lowest BCUT2D eigenvalue weighted by Crippen LogP contribution is -2.08. The van der Waals surface area contributed by atoms with Crippen LogP contribution in [0.5, 0.6) is 0 Å². The Bertz CT molecular complexity index is 181. The van der Waals surface area contributed by atoms with Gasteiger partial charge >= 0.3 is 0 Å². The van der Waals surface area contributed by atoms with Crippen molar-refractivity contribution in [2.45, 2.75) is 0 Å². The van der Waals surface area contributed by atoms with Crippen molar-refractivity contribution < 1.29 is 13.2 Å². The van der Waals surface area contributed by atoms with Crippen molar-refractivity contribution in [3.8, 4) is 0 Å². The summed E-state index contributed by atoms with van der Waals surface area (Å²) in [5, 5.41) is -0.840. The zero-order valence-corrected chi connectivity index (χ0v) is 5.79. The van der Waals surface area contributed by atoms with Gasteiger partial charge in [-0.15, -0.1) is 0 Å². The number of rotatable bonds is 2. The molecular formula is C3H5ClO3S. The molecule has 0 aliphatic carbocycles. The minimum absolute atomic E-state index is 0.575. The lowest BCUT2D eigenvalue weighted by Gasteiger charge is -1.85. The number of hydrogen-bond donors (Lipinski definition) is 0. The fraction of sp³-hybridized carbons (Fsp3) is 0.667. The number of carbonyl (C=O) groups is 1. The summed E-state index contributed by atoms with van der Waals surface area (Å²) in [6, 6.07) is 0. The highest BCUT2D eigenvalue weighted by molar-refractivity contribution is 7.91. The molecule has 0 aliphatic rings. The van der Waals surface area contributed by atoms with Gasteiger partial charge in [-0.2, -0.15) is 0 Å². The van der Waals surface area contributed by atoms with Crippen molar-refractivity contribution in [2.24, 2.45) is 0 Å². The lowest BCUT2D eigenvalue weighted by atomic mass is 10.9. The van der Waals surface area contributed by atoms with Gasteiger partial charge in [0.1, 0.15) is 5.75 Å². The van der Waals surface area contributed by atoms with E-state index in [9.17, 15) is 13.2 Å². The van der Waals surface area contributed by atoms with E-state index in [1.54, 1.807) is 0 Å². The van der Waals surface area contributed by atoms with Crippen molar-refractivity contribution in [2.75, 3.05) is 12.0 Å². The summed E-state index contributed by atoms with van der Waals surface area (Å²) in [5.41, 5.74) is 0. The molecule has 0 heterocycles. The van der Waals surface area contributed by atoms with E-state index in [1.807, 2.05) is 0 Å². The second-order valence-corrected chi connectivity index (χ2v) is 3.99. The van der Waals surface area contributed by atoms with Gasteiger partial charge in [-0.3, -0.25) is 4.79 Å². The summed E-state index contributed by atoms with van der Waals surface area (Å²) < 4.78 is 20.3. The third-order valence-corrected chi connectivity index (χ3v) is 1.45. The molecule has 0 saturated heterocycles. The molecule has 0 N–H and O–H groups in total. The van der Waals surface area contributed by atoms with E-state index in [0.29, 0.717) is 0 Å². The maximum Gasteiger partial charge on any atom is 0.236 e. The van der Waals surface area contributed by atoms with E-state index in [0.717, 1.165) is 6.26 Å². The van der Waals surface area contributed by atoms with E-state index in [1.165, 1.54) is 0 Å². The highest BCUT2D eigenvalue weighted by atomic mass is 35.5. The van der Waals surface area contributed by atoms with Crippen LogP contribution in [0.2, 0.25) is 0 Å². The van der Waals surface area contributed by atoms with Crippen LogP contribution >= 0.6 is 11.6 Å². The van der Waals surface area contributed by atoms with Gasteiger partial charge in [0, 0.05) is 6.26 Å². The van der Waals surface area contributed by atoms with Crippen LogP contribution in [0.3, 0.4) is 0 Å². The Balaban J connectivity index is 3.95. The first-order valence-corrected chi connectivity index (χ1v) is 4.22. The Hall–Kier alpha value is -0.0900. The topological polar surface area (TPSA) is 51.2 Å². The standard InChI is InChI=1S/C3H5ClO3S/c1-8(6,7)2-3(4)5/h2H2,1H3. The molecule has 0 bridgehead atoms. The van der Waals surface area contributed by atoms with Crippen LogP contribution in [-0.4, -0.2) is 25.7 Å². The molecule has 0 rings (SSSR count). The molecule has 8 heavy (non-hydrogen) atoms. The Morgan fingerprint density at radius 2 is 2.00 bits per heavy atom. The molecule has 0 fully saturated rings. The summed E-state index contributed by atoms with van der Waals surface area (Å²) in [7, 11) is -3.20. The number of sulfone groups is 1. The number of carbonyl (C=O) groups excluding carboxylic acids is 1. The molecule has 0 unspecified atom stereocenters. The van der Waals surface area contributed by atoms with Crippen molar-refractivity contribution >= 4 is 26.7 Å². The van der Waals surface area contributed by atoms with E-state index < -0.39 is 20.8 Å². The lowest BCUT2D eigenvalue weighted by molar-refractivity contribution is -0.109. The molecule has 0 atom stereocenters. The Kier molecular flexibility index (Phi) is 2.43. The Morgan fingerprint density at radius 3 is 2.00 bits per heavy atom. The van der Waals surface area contributed by atoms with E-state index in [2.05, 4.69) is 0 Å². The SMILES string of the molecule is CS(=O)(=O)CC(=O)Cl. The molecule has 0 aliphatic heterocycles. The van der Waals surface area contributed by atoms with Crippen LogP contribution in [0.25, 0.3) is 0 Å². The molecule has 48 valence electrons. The molecule has 5 heteroatoms. The van der Waals surface area contributed by atoms with E-state index in [4.69, 9.17) is 11.6 Å². The number of hydrogen-bond acceptors (Lipinski definition) is 3. The zero-order chi connectivity index (χ0) is 6.78. The highest BCUT2D eigenvalue weighted by Crippen LogP contribution is 1.86. The van der Waals surface area contributed by atoms with Crippen LogP contribution < -0.4 is 0 Å². The molecule has 0 spiro atoms. The van der Waals surface area contributed by atoms with Crippen LogP contribution in [0, 0.1) is 0 Å². The van der Waals surface area contributed by atoms with Gasteiger partial charge in [-0.25, -0.2) is 8.42 Å². The Morgan fingerprint density at radius 1 is 1.62 bits per heavy atom. The van der Waals surface area contributed by atoms with E-state index >= 15 is 0 Å². The molecule has 0 radical (unpaired) electrons. The van der Waals surface area contributed by atoms with Crippen molar-refractivity contribution in [3.05, 3.63) is 0 Å². The van der Waals surface area contributed by atoms with Gasteiger partial charge < -0.3 is 0 Å². The second-order valence-electron chi connectivity index (χ2n) is 1.43. The average Bonchev–Trinajstić information content (AvgIpc) is 1.21. The largest absolute Gasteiger partial charge is 0.280 e. The van der Waals surface area contributed by atoms with Crippen LogP contribution in [0.4, 0.5) is 0 Å². The van der Waals surface area contributed by atoms with E-state index in [-0.39, 0.29) is 0 Å². The third kappa shape index (κ3) is 5.91. The van der Waals surface area contributed by atoms with Crippen molar-refractivity contribution in [1.29, 1.82) is 0 Å². The molecular weight excluding hydrogens is 152 g/mol. The first-order valence-electron chi connectivity index (χ1n) is 1.78. The smallest absolute Gasteiger partial charge is 0.236 e. The first kappa shape index (κ1) is 7.91. The van der Waals surface area contributed by atoms with Crippen LogP contribution in [0.15, 0.2) is 0 Å². The summed E-state index contributed by atoms with van der Waals surface area (Å²) >= 11 is 4.74. The van der Waals surface area contributed by atoms with Gasteiger partial charge in [0.15, 0.2) is 9.84 Å². The third-order valence-electron chi connectivity index (χ3n) is 0.376. The summed E-state index contributed by atoms with van der Waals surface area (Å²) in [5.74, 6) is -0.575. The van der Waals surface area contributed by atoms with Gasteiger partial charge in [0.25, 0.3) is 0 Å². The fourth-order valence-corrected chi connectivity index (χ4v) is 1.21. The van der Waals surface area contributed by atoms with Gasteiger partial charge in [0.05, 0.1) is 0 Å². The van der Waals surface area contributed by atoms with Crippen LogP contribution in [0.1, 0.15) is 0 Å². The summed E-state index contributed by atoms with van der Waals surface area (Å²) in [6.45, 7) is 0. The Labute approximate surface area is 52.6 Å². The monoisotopic (exact) mass is 156 g/mol. The van der Waals surface area contributed by atoms with Gasteiger partial charge in [-0.05, 0) is 11.6 Å². The molecule has 0 aromatic carbocycles. The second kappa shape index (κ2) is 2.46. The maximum absolute atomic E-state index is 10.1. The number of halogens is 1. The predicted octanol–water partition coefficient (Wildman–Crippen LogP) is -0.204. The minimum atomic E-state index is -3.20. The predicted molar refractivity (Wildman–Crippen MR) is 30.6 cm³/mol.